The standard InChI is InChI=1S/C28H25ClN2O3/c1-27-11-12-28(34-27,13-14-33-20-6-4-5-19(29)15-20)23-17-31(26(32)25(23)27)24-10-9-18(16-30)21-7-2-3-8-22(21)24/h2-10,15,23,25H,11-14,17H2,1H3/t23-,25-,27-,28-/m1/s1. The van der Waals surface area contributed by atoms with Gasteiger partial charge in [-0.2, -0.15) is 5.26 Å². The predicted octanol–water partition coefficient (Wildman–Crippen LogP) is 5.73. The van der Waals surface area contributed by atoms with E-state index in [-0.39, 0.29) is 23.3 Å². The van der Waals surface area contributed by atoms with Crippen LogP contribution in [0.5, 0.6) is 5.75 Å². The maximum atomic E-state index is 13.8. The third-order valence-electron chi connectivity index (χ3n) is 8.03. The second-order valence-corrected chi connectivity index (χ2v) is 10.3. The largest absolute Gasteiger partial charge is 0.493 e. The summed E-state index contributed by atoms with van der Waals surface area (Å²) >= 11 is 6.09. The first-order valence-electron chi connectivity index (χ1n) is 11.8. The van der Waals surface area contributed by atoms with Crippen molar-refractivity contribution < 1.29 is 14.3 Å². The van der Waals surface area contributed by atoms with Gasteiger partial charge in [0.15, 0.2) is 0 Å². The van der Waals surface area contributed by atoms with E-state index in [0.717, 1.165) is 41.5 Å². The molecule has 0 radical (unpaired) electrons. The van der Waals surface area contributed by atoms with Gasteiger partial charge in [0, 0.05) is 34.7 Å². The number of nitrogens with zero attached hydrogens (tertiary/aromatic N) is 2. The van der Waals surface area contributed by atoms with Crippen molar-refractivity contribution in [1.82, 2.24) is 0 Å². The van der Waals surface area contributed by atoms with Crippen molar-refractivity contribution in [3.63, 3.8) is 0 Å². The van der Waals surface area contributed by atoms with Crippen LogP contribution in [-0.4, -0.2) is 30.3 Å². The average molecular weight is 473 g/mol. The summed E-state index contributed by atoms with van der Waals surface area (Å²) in [6.45, 7) is 3.22. The molecule has 0 unspecified atom stereocenters. The first kappa shape index (κ1) is 21.5. The number of benzene rings is 3. The Kier molecular flexibility index (Phi) is 4.88. The molecular formula is C28H25ClN2O3. The van der Waals surface area contributed by atoms with Gasteiger partial charge in [-0.15, -0.1) is 0 Å². The summed E-state index contributed by atoms with van der Waals surface area (Å²) in [6, 6.07) is 21.2. The van der Waals surface area contributed by atoms with Crippen LogP contribution in [-0.2, 0) is 9.53 Å². The van der Waals surface area contributed by atoms with E-state index in [0.29, 0.717) is 23.7 Å². The third-order valence-corrected chi connectivity index (χ3v) is 8.27. The number of anilines is 1. The third kappa shape index (κ3) is 3.13. The molecule has 0 aliphatic carbocycles. The monoisotopic (exact) mass is 472 g/mol. The van der Waals surface area contributed by atoms with Crippen LogP contribution in [0.3, 0.4) is 0 Å². The van der Waals surface area contributed by atoms with Gasteiger partial charge in [-0.3, -0.25) is 4.79 Å². The number of hydrogen-bond acceptors (Lipinski definition) is 4. The SMILES string of the molecule is C[C@]12CC[C@](CCOc3cccc(Cl)c3)(O1)[C@@H]1CN(c3ccc(C#N)c4ccccc34)C(=O)[C@@H]12. The number of carbonyl (C=O) groups is 1. The number of halogens is 1. The molecule has 5 nitrogen and oxygen atoms in total. The molecule has 3 aliphatic rings. The van der Waals surface area contributed by atoms with E-state index in [1.165, 1.54) is 0 Å². The van der Waals surface area contributed by atoms with E-state index >= 15 is 0 Å². The summed E-state index contributed by atoms with van der Waals surface area (Å²) in [4.78, 5) is 15.7. The van der Waals surface area contributed by atoms with Crippen molar-refractivity contribution >= 4 is 34.0 Å². The van der Waals surface area contributed by atoms with E-state index in [9.17, 15) is 10.1 Å². The van der Waals surface area contributed by atoms with Crippen molar-refractivity contribution in [3.05, 3.63) is 71.2 Å². The highest BCUT2D eigenvalue weighted by atomic mass is 35.5. The summed E-state index contributed by atoms with van der Waals surface area (Å²) in [5, 5.41) is 12.0. The fourth-order valence-electron chi connectivity index (χ4n) is 6.49. The van der Waals surface area contributed by atoms with Crippen LogP contribution in [0.2, 0.25) is 5.02 Å². The smallest absolute Gasteiger partial charge is 0.233 e. The highest BCUT2D eigenvalue weighted by molar-refractivity contribution is 6.30. The van der Waals surface area contributed by atoms with Gasteiger partial charge in [-0.25, -0.2) is 0 Å². The molecule has 3 aromatic carbocycles. The normalized spacial score (nSPS) is 29.4. The van der Waals surface area contributed by atoms with E-state index < -0.39 is 5.60 Å². The molecule has 1 amide bonds. The van der Waals surface area contributed by atoms with Gasteiger partial charge >= 0.3 is 0 Å². The zero-order chi connectivity index (χ0) is 23.5. The molecule has 34 heavy (non-hydrogen) atoms. The first-order chi connectivity index (χ1) is 16.4. The molecule has 3 heterocycles. The highest BCUT2D eigenvalue weighted by Gasteiger charge is 2.70. The Morgan fingerprint density at radius 1 is 1.15 bits per heavy atom. The van der Waals surface area contributed by atoms with Gasteiger partial charge < -0.3 is 14.4 Å². The van der Waals surface area contributed by atoms with Crippen LogP contribution < -0.4 is 9.64 Å². The Morgan fingerprint density at radius 2 is 1.97 bits per heavy atom. The molecule has 0 aromatic heterocycles. The van der Waals surface area contributed by atoms with Crippen LogP contribution in [0.15, 0.2) is 60.7 Å². The molecule has 3 aromatic rings. The van der Waals surface area contributed by atoms with Crippen molar-refractivity contribution in [2.75, 3.05) is 18.1 Å². The van der Waals surface area contributed by atoms with E-state index in [1.807, 2.05) is 65.6 Å². The molecule has 2 bridgehead atoms. The lowest BCUT2D eigenvalue weighted by Gasteiger charge is -2.32. The fraction of sp³-hybridized carbons (Fsp3) is 0.357. The summed E-state index contributed by atoms with van der Waals surface area (Å²) in [5.41, 5.74) is 0.679. The first-order valence-corrected chi connectivity index (χ1v) is 12.1. The zero-order valence-electron chi connectivity index (χ0n) is 19.0. The molecule has 6 rings (SSSR count). The molecule has 0 saturated carbocycles. The Balaban J connectivity index is 1.29. The lowest BCUT2D eigenvalue weighted by atomic mass is 9.67. The van der Waals surface area contributed by atoms with Crippen LogP contribution in [0.25, 0.3) is 10.8 Å². The van der Waals surface area contributed by atoms with Crippen LogP contribution in [0, 0.1) is 23.2 Å². The van der Waals surface area contributed by atoms with Gasteiger partial charge in [-0.05, 0) is 50.1 Å². The predicted molar refractivity (Wildman–Crippen MR) is 131 cm³/mol. The lowest BCUT2D eigenvalue weighted by Crippen LogP contribution is -2.41. The summed E-state index contributed by atoms with van der Waals surface area (Å²) in [7, 11) is 0. The van der Waals surface area contributed by atoms with Crippen molar-refractivity contribution in [3.8, 4) is 11.8 Å². The molecule has 172 valence electrons. The number of carbonyl (C=O) groups excluding carboxylic acids is 1. The number of nitriles is 1. The zero-order valence-corrected chi connectivity index (χ0v) is 19.7. The Bertz CT molecular complexity index is 1350. The molecule has 0 spiro atoms. The number of ether oxygens (including phenoxy) is 2. The number of amides is 1. The van der Waals surface area contributed by atoms with Crippen LogP contribution in [0.4, 0.5) is 5.69 Å². The highest BCUT2D eigenvalue weighted by Crippen LogP contribution is 2.62. The number of rotatable bonds is 5. The maximum Gasteiger partial charge on any atom is 0.233 e. The van der Waals surface area contributed by atoms with Gasteiger partial charge in [-0.1, -0.05) is 41.9 Å². The van der Waals surface area contributed by atoms with Gasteiger partial charge in [0.1, 0.15) is 5.75 Å². The molecule has 0 N–H and O–H groups in total. The topological polar surface area (TPSA) is 62.6 Å². The van der Waals surface area contributed by atoms with Gasteiger partial charge in [0.2, 0.25) is 5.91 Å². The molecular weight excluding hydrogens is 448 g/mol. The summed E-state index contributed by atoms with van der Waals surface area (Å²) in [6.07, 6.45) is 2.53. The minimum Gasteiger partial charge on any atom is -0.493 e. The van der Waals surface area contributed by atoms with Gasteiger partial charge in [0.25, 0.3) is 0 Å². The minimum atomic E-state index is -0.449. The van der Waals surface area contributed by atoms with E-state index in [1.54, 1.807) is 0 Å². The minimum absolute atomic E-state index is 0.108. The maximum absolute atomic E-state index is 13.8. The van der Waals surface area contributed by atoms with Crippen LogP contribution >= 0.6 is 11.6 Å². The summed E-state index contributed by atoms with van der Waals surface area (Å²) in [5.74, 6) is 0.810. The fourth-order valence-corrected chi connectivity index (χ4v) is 6.67. The Hall–Kier alpha value is -3.07. The molecule has 6 heteroatoms. The summed E-state index contributed by atoms with van der Waals surface area (Å²) < 4.78 is 12.7. The van der Waals surface area contributed by atoms with E-state index in [2.05, 4.69) is 13.0 Å². The molecule has 3 fully saturated rings. The second-order valence-electron chi connectivity index (χ2n) is 9.86. The van der Waals surface area contributed by atoms with Crippen molar-refractivity contribution in [2.24, 2.45) is 11.8 Å². The van der Waals surface area contributed by atoms with E-state index in [4.69, 9.17) is 21.1 Å². The quantitative estimate of drug-likeness (QED) is 0.475. The van der Waals surface area contributed by atoms with Crippen LogP contribution in [0.1, 0.15) is 31.7 Å². The van der Waals surface area contributed by atoms with Crippen molar-refractivity contribution in [1.29, 1.82) is 5.26 Å². The van der Waals surface area contributed by atoms with Gasteiger partial charge in [0.05, 0.1) is 41.0 Å². The Labute approximate surface area is 203 Å². The lowest BCUT2D eigenvalue weighted by molar-refractivity contribution is -0.126. The number of hydrogen-bond donors (Lipinski definition) is 0. The molecule has 3 aliphatic heterocycles. The van der Waals surface area contributed by atoms with Crippen molar-refractivity contribution in [2.45, 2.75) is 37.4 Å². The number of fused-ring (bicyclic) bond motifs is 6. The Morgan fingerprint density at radius 3 is 2.76 bits per heavy atom. The second kappa shape index (κ2) is 7.73. The molecule has 3 saturated heterocycles. The average Bonchev–Trinajstić information content (AvgIpc) is 3.45. The molecule has 4 atom stereocenters.